The van der Waals surface area contributed by atoms with E-state index in [0.29, 0.717) is 5.82 Å². The lowest BCUT2D eigenvalue weighted by atomic mass is 9.67. The zero-order valence-electron chi connectivity index (χ0n) is 36.8. The average Bonchev–Trinajstić information content (AvgIpc) is 3.72. The Balaban J connectivity index is 1.12. The normalized spacial score (nSPS) is 12.3. The molecule has 67 heavy (non-hydrogen) atoms. The third-order valence-corrected chi connectivity index (χ3v) is 13.4. The Labute approximate surface area is 392 Å². The van der Waals surface area contributed by atoms with E-state index in [-0.39, 0.29) is 0 Å². The molecule has 0 spiro atoms. The van der Waals surface area contributed by atoms with Gasteiger partial charge in [-0.1, -0.05) is 243 Å². The Morgan fingerprint density at radius 1 is 0.239 bits per heavy atom. The molecule has 10 aromatic carbocycles. The van der Waals surface area contributed by atoms with Crippen LogP contribution in [0.5, 0.6) is 0 Å². The van der Waals surface area contributed by atoms with Crippen molar-refractivity contribution in [3.8, 4) is 89.5 Å². The molecule has 0 aliphatic heterocycles. The van der Waals surface area contributed by atoms with Crippen LogP contribution < -0.4 is 0 Å². The second kappa shape index (κ2) is 17.0. The highest BCUT2D eigenvalue weighted by Gasteiger charge is 2.46. The van der Waals surface area contributed by atoms with Crippen molar-refractivity contribution in [2.75, 3.05) is 0 Å². The molecule has 2 nitrogen and oxygen atoms in total. The van der Waals surface area contributed by atoms with Gasteiger partial charge < -0.3 is 0 Å². The molecule has 0 fully saturated rings. The molecule has 0 unspecified atom stereocenters. The minimum atomic E-state index is -0.489. The third-order valence-electron chi connectivity index (χ3n) is 13.4. The van der Waals surface area contributed by atoms with Crippen molar-refractivity contribution in [2.45, 2.75) is 5.41 Å². The van der Waals surface area contributed by atoms with Crippen LogP contribution in [0.25, 0.3) is 89.5 Å². The van der Waals surface area contributed by atoms with Crippen molar-refractivity contribution in [2.24, 2.45) is 0 Å². The smallest absolute Gasteiger partial charge is 0.160 e. The number of nitrogens with zero attached hydrogens (tertiary/aromatic N) is 2. The summed E-state index contributed by atoms with van der Waals surface area (Å²) in [6.45, 7) is 0. The summed E-state index contributed by atoms with van der Waals surface area (Å²) in [5.74, 6) is 0.675. The molecule has 0 amide bonds. The van der Waals surface area contributed by atoms with E-state index in [0.717, 1.165) is 67.0 Å². The van der Waals surface area contributed by atoms with Crippen LogP contribution in [-0.2, 0) is 5.41 Å². The Morgan fingerprint density at radius 2 is 0.657 bits per heavy atom. The Kier molecular flexibility index (Phi) is 10.1. The van der Waals surface area contributed by atoms with Gasteiger partial charge in [-0.15, -0.1) is 0 Å². The van der Waals surface area contributed by atoms with Gasteiger partial charge >= 0.3 is 0 Å². The highest BCUT2D eigenvalue weighted by Crippen LogP contribution is 2.57. The number of aromatic nitrogens is 2. The van der Waals surface area contributed by atoms with Gasteiger partial charge in [0, 0.05) is 16.7 Å². The van der Waals surface area contributed by atoms with Crippen molar-refractivity contribution in [3.63, 3.8) is 0 Å². The van der Waals surface area contributed by atoms with Crippen molar-refractivity contribution >= 4 is 0 Å². The van der Waals surface area contributed by atoms with Crippen LogP contribution in [0, 0.1) is 0 Å². The van der Waals surface area contributed by atoms with E-state index in [1.165, 1.54) is 38.9 Å². The van der Waals surface area contributed by atoms with Crippen LogP contribution in [0.1, 0.15) is 22.3 Å². The van der Waals surface area contributed by atoms with Crippen LogP contribution in [0.4, 0.5) is 0 Å². The fourth-order valence-electron chi connectivity index (χ4n) is 10.3. The molecule has 0 bridgehead atoms. The summed E-state index contributed by atoms with van der Waals surface area (Å²) in [5.41, 5.74) is 20.9. The first kappa shape index (κ1) is 39.8. The van der Waals surface area contributed by atoms with Crippen molar-refractivity contribution in [1.82, 2.24) is 9.97 Å². The SMILES string of the molecule is c1ccc(-c2ccc(-c3nc(-c4ccccc4)cc(-c4cc(-c5ccccc5)cc(-c5ccc6c(c5)-c5ccccc5C6(c5ccccc5)c5ccccc5)c4-c4ccccc4)n3)cc2)cc1. The maximum Gasteiger partial charge on any atom is 0.160 e. The highest BCUT2D eigenvalue weighted by atomic mass is 14.9. The zero-order chi connectivity index (χ0) is 44.6. The van der Waals surface area contributed by atoms with Crippen LogP contribution >= 0.6 is 0 Å². The van der Waals surface area contributed by atoms with E-state index >= 15 is 0 Å². The summed E-state index contributed by atoms with van der Waals surface area (Å²) < 4.78 is 0. The minimum absolute atomic E-state index is 0.489. The lowest BCUT2D eigenvalue weighted by Crippen LogP contribution is -2.28. The van der Waals surface area contributed by atoms with Gasteiger partial charge in [-0.25, -0.2) is 9.97 Å². The summed E-state index contributed by atoms with van der Waals surface area (Å²) in [5, 5.41) is 0. The second-order valence-electron chi connectivity index (χ2n) is 17.2. The van der Waals surface area contributed by atoms with Crippen LogP contribution in [0.2, 0.25) is 0 Å². The molecule has 0 atom stereocenters. The topological polar surface area (TPSA) is 25.8 Å². The van der Waals surface area contributed by atoms with Gasteiger partial charge in [0.25, 0.3) is 0 Å². The minimum Gasteiger partial charge on any atom is -0.228 e. The molecule has 1 aliphatic carbocycles. The molecule has 12 rings (SSSR count). The number of fused-ring (bicyclic) bond motifs is 3. The van der Waals surface area contributed by atoms with E-state index in [1.807, 2.05) is 0 Å². The number of hydrogen-bond donors (Lipinski definition) is 0. The molecular weight excluding hydrogens is 809 g/mol. The Morgan fingerprint density at radius 3 is 1.27 bits per heavy atom. The molecule has 1 heterocycles. The number of benzene rings is 10. The molecular formula is C65H44N2. The summed E-state index contributed by atoms with van der Waals surface area (Å²) in [4.78, 5) is 10.8. The molecule has 2 heteroatoms. The summed E-state index contributed by atoms with van der Waals surface area (Å²) >= 11 is 0. The highest BCUT2D eigenvalue weighted by molar-refractivity contribution is 5.99. The first-order chi connectivity index (χ1) is 33.2. The van der Waals surface area contributed by atoms with E-state index in [1.54, 1.807) is 0 Å². The molecule has 1 aliphatic rings. The second-order valence-corrected chi connectivity index (χ2v) is 17.2. The van der Waals surface area contributed by atoms with Gasteiger partial charge in [-0.3, -0.25) is 0 Å². The van der Waals surface area contributed by atoms with Crippen molar-refractivity contribution in [1.29, 1.82) is 0 Å². The molecule has 1 aromatic heterocycles. The Bertz CT molecular complexity index is 3480. The maximum absolute atomic E-state index is 5.52. The van der Waals surface area contributed by atoms with E-state index in [4.69, 9.17) is 9.97 Å². The van der Waals surface area contributed by atoms with Gasteiger partial charge in [0.2, 0.25) is 0 Å². The predicted molar refractivity (Wildman–Crippen MR) is 277 cm³/mol. The lowest BCUT2D eigenvalue weighted by molar-refractivity contribution is 0.768. The lowest BCUT2D eigenvalue weighted by Gasteiger charge is -2.34. The van der Waals surface area contributed by atoms with Gasteiger partial charge in [-0.2, -0.15) is 0 Å². The summed E-state index contributed by atoms with van der Waals surface area (Å²) in [7, 11) is 0. The van der Waals surface area contributed by atoms with E-state index in [9.17, 15) is 0 Å². The quantitative estimate of drug-likeness (QED) is 0.145. The van der Waals surface area contributed by atoms with Gasteiger partial charge in [0.05, 0.1) is 16.8 Å². The molecule has 0 radical (unpaired) electrons. The standard InChI is InChI=1S/C65H44N2/c1-7-21-45(22-8-1)47-35-37-50(38-36-47)64-66-61(48-25-11-3-12-26-48)44-62(67-64)58-43-52(46-23-9-2-10-24-46)42-56(63(58)49-27-13-4-14-28-49)51-39-40-60-57(41-51)55-33-19-20-34-59(55)65(60,53-29-15-5-16-30-53)54-31-17-6-18-32-54/h1-44H. The Hall–Kier alpha value is -8.72. The molecule has 11 aromatic rings. The van der Waals surface area contributed by atoms with E-state index in [2.05, 4.69) is 267 Å². The molecule has 314 valence electrons. The van der Waals surface area contributed by atoms with Crippen LogP contribution in [-0.4, -0.2) is 9.97 Å². The maximum atomic E-state index is 5.52. The average molecular weight is 853 g/mol. The van der Waals surface area contributed by atoms with E-state index < -0.39 is 5.41 Å². The molecule has 0 saturated heterocycles. The predicted octanol–water partition coefficient (Wildman–Crippen LogP) is 16.5. The monoisotopic (exact) mass is 852 g/mol. The fraction of sp³-hybridized carbons (Fsp3) is 0.0154. The molecule has 0 N–H and O–H groups in total. The first-order valence-corrected chi connectivity index (χ1v) is 23.0. The van der Waals surface area contributed by atoms with Crippen LogP contribution in [0.15, 0.2) is 267 Å². The van der Waals surface area contributed by atoms with Gasteiger partial charge in [0.15, 0.2) is 5.82 Å². The number of rotatable bonds is 9. The third kappa shape index (κ3) is 7.08. The summed E-state index contributed by atoms with van der Waals surface area (Å²) in [6, 6.07) is 96.2. The van der Waals surface area contributed by atoms with Crippen molar-refractivity contribution in [3.05, 3.63) is 289 Å². The fourth-order valence-corrected chi connectivity index (χ4v) is 10.3. The zero-order valence-corrected chi connectivity index (χ0v) is 36.8. The summed E-state index contributed by atoms with van der Waals surface area (Å²) in [6.07, 6.45) is 0. The van der Waals surface area contributed by atoms with Gasteiger partial charge in [-0.05, 0) is 102 Å². The number of hydrogen-bond acceptors (Lipinski definition) is 2. The van der Waals surface area contributed by atoms with Crippen LogP contribution in [0.3, 0.4) is 0 Å². The first-order valence-electron chi connectivity index (χ1n) is 23.0. The van der Waals surface area contributed by atoms with Gasteiger partial charge in [0.1, 0.15) is 0 Å². The molecule has 0 saturated carbocycles. The largest absolute Gasteiger partial charge is 0.228 e. The van der Waals surface area contributed by atoms with Crippen molar-refractivity contribution < 1.29 is 0 Å².